The fourth-order valence-electron chi connectivity index (χ4n) is 0. The molecule has 8 heteroatoms. The van der Waals surface area contributed by atoms with E-state index < -0.39 is 0 Å². The van der Waals surface area contributed by atoms with E-state index in [-0.39, 0.29) is 76.0 Å². The van der Waals surface area contributed by atoms with Gasteiger partial charge in [-0.15, -0.1) is 0 Å². The Balaban J connectivity index is -0.00000000298. The maximum atomic E-state index is 6.25. The van der Waals surface area contributed by atoms with Crippen LogP contribution < -0.4 is 57.5 Å². The summed E-state index contributed by atoms with van der Waals surface area (Å²) in [5, 5.41) is 31.2. The third-order valence-corrected chi connectivity index (χ3v) is 0. The number of hydrogen-bond donors (Lipinski definition) is 1. The molecule has 0 aromatic carbocycles. The molecule has 0 saturated carbocycles. The van der Waals surface area contributed by atoms with Crippen molar-refractivity contribution in [3.8, 4) is 0 Å². The summed E-state index contributed by atoms with van der Waals surface area (Å²) in [4.78, 5) is 0. The molecule has 0 aliphatic carbocycles. The maximum absolute atomic E-state index is 6.25. The van der Waals surface area contributed by atoms with E-state index in [1.807, 2.05) is 0 Å². The van der Waals surface area contributed by atoms with Crippen LogP contribution >= 0.6 is 0 Å². The molecule has 0 aliphatic heterocycles. The van der Waals surface area contributed by atoms with Crippen LogP contribution in [0.15, 0.2) is 0 Å². The largest absolute Gasteiger partial charge is 5.00 e. The molecule has 3 N–H and O–H groups in total. The first kappa shape index (κ1) is 80.6. The van der Waals surface area contributed by atoms with E-state index in [2.05, 4.69) is 0 Å². The average molecular weight is 243 g/mol. The summed E-state index contributed by atoms with van der Waals surface area (Å²) >= 11 is 0. The fraction of sp³-hybridized carbons (Fsp3) is 0. The molecule has 0 aliphatic rings. The molecular weight excluding hydrogens is 239 g/mol. The Morgan fingerprint density at radius 1 is 0.538 bits per heavy atom. The van der Waals surface area contributed by atoms with E-state index >= 15 is 0 Å². The molecular formula is C5H4FeKN6. The smallest absolute Gasteiger partial charge is 1.00 e. The van der Waals surface area contributed by atoms with Crippen molar-refractivity contribution in [1.29, 1.82) is 26.3 Å². The second kappa shape index (κ2) is 6850. The molecule has 0 amide bonds. The second-order valence-electron chi connectivity index (χ2n) is 0. The molecule has 0 bridgehead atoms. The van der Waals surface area contributed by atoms with Gasteiger partial charge in [-0.1, -0.05) is 0 Å². The zero-order chi connectivity index (χ0) is 10.0. The van der Waals surface area contributed by atoms with E-state index in [1.54, 1.807) is 0 Å². The van der Waals surface area contributed by atoms with Crippen LogP contribution in [-0.4, -0.2) is 0 Å². The molecule has 0 saturated heterocycles. The first-order chi connectivity index (χ1) is 5.00. The SMILES string of the molecule is N.[C-]#N.[C-]#N.[C-]#N.[C-]#N.[C-]#N.[Fe+5].[H-].[K+]. The standard InChI is InChI=1S/5CN.Fe.K.H3N.H/c5*1-2;;;;/h;;;;;;;1H3;/q5*-1;+5;+1;;-1. The summed E-state index contributed by atoms with van der Waals surface area (Å²) in [7, 11) is 0. The predicted octanol–water partition coefficient (Wildman–Crippen LogP) is -2.24. The van der Waals surface area contributed by atoms with E-state index in [4.69, 9.17) is 59.2 Å². The zero-order valence-electron chi connectivity index (χ0n) is 7.80. The third-order valence-electron chi connectivity index (χ3n) is 0. The molecule has 0 atom stereocenters. The van der Waals surface area contributed by atoms with Crippen molar-refractivity contribution < 1.29 is 69.9 Å². The van der Waals surface area contributed by atoms with Crippen LogP contribution in [0.4, 0.5) is 0 Å². The Hall–Kier alpha value is -0.434. The summed E-state index contributed by atoms with van der Waals surface area (Å²) in [6.45, 7) is 23.8. The number of nitrogens with zero attached hydrogens (tertiary/aromatic N) is 5. The predicted molar refractivity (Wildman–Crippen MR) is 31.0 cm³/mol. The van der Waals surface area contributed by atoms with Crippen LogP contribution in [0.2, 0.25) is 0 Å². The van der Waals surface area contributed by atoms with Gasteiger partial charge in [0.1, 0.15) is 0 Å². The Labute approximate surface area is 133 Å². The van der Waals surface area contributed by atoms with E-state index in [0.717, 1.165) is 0 Å². The summed E-state index contributed by atoms with van der Waals surface area (Å²) in [6, 6.07) is 0. The van der Waals surface area contributed by atoms with Gasteiger partial charge in [0.2, 0.25) is 0 Å². The van der Waals surface area contributed by atoms with Crippen molar-refractivity contribution in [2.75, 3.05) is 0 Å². The minimum Gasteiger partial charge on any atom is -1.00 e. The molecule has 63 valence electrons. The van der Waals surface area contributed by atoms with Crippen molar-refractivity contribution in [2.24, 2.45) is 0 Å². The third kappa shape index (κ3) is 5610. The van der Waals surface area contributed by atoms with Crippen LogP contribution in [-0.2, 0) is 17.1 Å². The zero-order valence-corrected chi connectivity index (χ0v) is 11.0. The monoisotopic (exact) mass is 243 g/mol. The van der Waals surface area contributed by atoms with Crippen LogP contribution in [0.3, 0.4) is 0 Å². The molecule has 0 aromatic rings. The fourth-order valence-corrected chi connectivity index (χ4v) is 0. The van der Waals surface area contributed by atoms with E-state index in [1.165, 1.54) is 0 Å². The molecule has 0 rings (SSSR count). The van der Waals surface area contributed by atoms with E-state index in [0.29, 0.717) is 0 Å². The minimum atomic E-state index is 0. The molecule has 1 radical (unpaired) electrons. The van der Waals surface area contributed by atoms with Gasteiger partial charge in [-0.25, -0.2) is 0 Å². The first-order valence-electron chi connectivity index (χ1n) is 1.12. The van der Waals surface area contributed by atoms with Crippen LogP contribution in [0.25, 0.3) is 0 Å². The van der Waals surface area contributed by atoms with Gasteiger partial charge in [0, 0.05) is 0 Å². The van der Waals surface area contributed by atoms with Gasteiger partial charge in [-0.3, -0.25) is 0 Å². The maximum Gasteiger partial charge on any atom is 5.00 e. The van der Waals surface area contributed by atoms with Gasteiger partial charge in [-0.05, 0) is 0 Å². The van der Waals surface area contributed by atoms with Crippen molar-refractivity contribution >= 4 is 0 Å². The van der Waals surface area contributed by atoms with E-state index in [9.17, 15) is 0 Å². The van der Waals surface area contributed by atoms with Gasteiger partial charge < -0.3 is 66.7 Å². The number of hydrogen-bond acceptors (Lipinski definition) is 6. The summed E-state index contributed by atoms with van der Waals surface area (Å²) in [5.74, 6) is 0. The Morgan fingerprint density at radius 3 is 0.538 bits per heavy atom. The Morgan fingerprint density at radius 2 is 0.538 bits per heavy atom. The van der Waals surface area contributed by atoms with Gasteiger partial charge in [0.25, 0.3) is 0 Å². The van der Waals surface area contributed by atoms with Crippen molar-refractivity contribution in [1.82, 2.24) is 6.15 Å². The van der Waals surface area contributed by atoms with Crippen LogP contribution in [0.5, 0.6) is 0 Å². The molecule has 0 aromatic heterocycles. The van der Waals surface area contributed by atoms with Crippen molar-refractivity contribution in [2.45, 2.75) is 0 Å². The van der Waals surface area contributed by atoms with Gasteiger partial charge in [0.05, 0.1) is 0 Å². The molecule has 13 heavy (non-hydrogen) atoms. The topological polar surface area (TPSA) is 154 Å². The van der Waals surface area contributed by atoms with Crippen molar-refractivity contribution in [3.63, 3.8) is 0 Å². The number of rotatable bonds is 0. The summed E-state index contributed by atoms with van der Waals surface area (Å²) in [5.41, 5.74) is 0. The quantitative estimate of drug-likeness (QED) is 0.374. The molecule has 0 fully saturated rings. The first-order valence-corrected chi connectivity index (χ1v) is 1.12. The van der Waals surface area contributed by atoms with Crippen molar-refractivity contribution in [3.05, 3.63) is 32.9 Å². The Bertz CT molecular complexity index is 84.8. The van der Waals surface area contributed by atoms with Gasteiger partial charge in [0.15, 0.2) is 0 Å². The molecule has 0 heterocycles. The Kier molecular flexibility index (Phi) is 42500. The second-order valence-corrected chi connectivity index (χ2v) is 0. The minimum absolute atomic E-state index is 0. The molecule has 0 spiro atoms. The summed E-state index contributed by atoms with van der Waals surface area (Å²) < 4.78 is 0. The normalized spacial score (nSPS) is 0.769. The summed E-state index contributed by atoms with van der Waals surface area (Å²) in [6.07, 6.45) is 0. The molecule has 6 nitrogen and oxygen atoms in total. The van der Waals surface area contributed by atoms with Gasteiger partial charge in [-0.2, -0.15) is 0 Å². The average Bonchev–Trinajstić information content (AvgIpc) is 2.20. The molecule has 0 unspecified atom stereocenters. The van der Waals surface area contributed by atoms with Crippen LogP contribution in [0, 0.1) is 59.2 Å². The van der Waals surface area contributed by atoms with Gasteiger partial charge >= 0.3 is 68.5 Å². The van der Waals surface area contributed by atoms with Crippen LogP contribution in [0.1, 0.15) is 1.43 Å².